The Hall–Kier alpha value is -1.36. The molecular weight excluding hydrogens is 530 g/mol. The van der Waals surface area contributed by atoms with Crippen molar-refractivity contribution < 1.29 is 29.0 Å². The van der Waals surface area contributed by atoms with Gasteiger partial charge in [-0.1, -0.05) is 0 Å². The van der Waals surface area contributed by atoms with Crippen molar-refractivity contribution in [2.45, 2.75) is 44.1 Å². The predicted molar refractivity (Wildman–Crippen MR) is 119 cm³/mol. The number of aliphatic carboxylic acids is 1. The predicted octanol–water partition coefficient (Wildman–Crippen LogP) is 4.25. The first-order valence-electron chi connectivity index (χ1n) is 8.64. The molecule has 1 unspecified atom stereocenters. The molecule has 1 aliphatic rings. The Bertz CT molecular complexity index is 827. The third-order valence-corrected chi connectivity index (χ3v) is 6.35. The van der Waals surface area contributed by atoms with Crippen LogP contribution >= 0.6 is 44.5 Å². The largest absolute Gasteiger partial charge is 0.488 e. The Balaban J connectivity index is 1.96. The molecule has 1 aromatic carbocycles. The van der Waals surface area contributed by atoms with E-state index in [0.717, 1.165) is 4.90 Å². The minimum absolute atomic E-state index is 0.183. The van der Waals surface area contributed by atoms with Gasteiger partial charge in [0.1, 0.15) is 25.2 Å². The molecule has 0 bridgehead atoms. The van der Waals surface area contributed by atoms with Crippen molar-refractivity contribution in [3.63, 3.8) is 0 Å². The van der Waals surface area contributed by atoms with Crippen LogP contribution < -0.4 is 9.64 Å². The second kappa shape index (κ2) is 9.20. The molecule has 158 valence electrons. The molecule has 1 aliphatic heterocycles. The molecule has 1 aromatic rings. The van der Waals surface area contributed by atoms with Gasteiger partial charge in [-0.3, -0.25) is 14.4 Å². The Morgan fingerprint density at radius 1 is 1.10 bits per heavy atom. The highest BCUT2D eigenvalue weighted by molar-refractivity contribution is 9.14. The van der Waals surface area contributed by atoms with Gasteiger partial charge in [0.05, 0.1) is 18.7 Å². The fraction of sp³-hybridized carbons (Fsp3) is 0.421. The van der Waals surface area contributed by atoms with Crippen LogP contribution in [0.5, 0.6) is 5.75 Å². The highest BCUT2D eigenvalue weighted by Crippen LogP contribution is 2.34. The number of nitrogens with zero attached hydrogens (tertiary/aromatic N) is 1. The molecule has 0 radical (unpaired) electrons. The summed E-state index contributed by atoms with van der Waals surface area (Å²) in [5.74, 6) is -1.31. The SMILES string of the molecule is CC(C)(CCOC(C)(S)CC(=O)O)Oc1ccc(N2C(=O)C(Br)=C(Br)C2=O)cc1. The summed E-state index contributed by atoms with van der Waals surface area (Å²) in [5, 5.41) is 8.86. The lowest BCUT2D eigenvalue weighted by Crippen LogP contribution is -2.33. The zero-order chi connectivity index (χ0) is 22.0. The number of carbonyl (C=O) groups excluding carboxylic acids is 2. The maximum absolute atomic E-state index is 12.2. The standard InChI is InChI=1S/C19H21Br2NO6S/c1-18(2,8-9-27-19(3,29)10-13(23)24)28-12-6-4-11(5-7-12)22-16(25)14(20)15(21)17(22)26/h4-7,29H,8-10H2,1-3H3,(H,23,24). The van der Waals surface area contributed by atoms with Gasteiger partial charge in [-0.2, -0.15) is 0 Å². The van der Waals surface area contributed by atoms with Gasteiger partial charge < -0.3 is 14.6 Å². The van der Waals surface area contributed by atoms with Crippen LogP contribution in [0.1, 0.15) is 33.6 Å². The Labute approximate surface area is 191 Å². The second-order valence-corrected chi connectivity index (χ2v) is 9.81. The maximum Gasteiger partial charge on any atom is 0.307 e. The van der Waals surface area contributed by atoms with E-state index >= 15 is 0 Å². The molecule has 7 nitrogen and oxygen atoms in total. The first-order valence-corrected chi connectivity index (χ1v) is 10.7. The van der Waals surface area contributed by atoms with Crippen LogP contribution in [0.25, 0.3) is 0 Å². The molecule has 29 heavy (non-hydrogen) atoms. The van der Waals surface area contributed by atoms with Crippen LogP contribution in [-0.2, 0) is 19.1 Å². The maximum atomic E-state index is 12.2. The number of imide groups is 1. The van der Waals surface area contributed by atoms with Gasteiger partial charge in [0.15, 0.2) is 0 Å². The number of halogens is 2. The van der Waals surface area contributed by atoms with E-state index in [2.05, 4.69) is 44.5 Å². The number of carboxylic acid groups (broad SMARTS) is 1. The van der Waals surface area contributed by atoms with E-state index in [1.54, 1.807) is 31.2 Å². The zero-order valence-electron chi connectivity index (χ0n) is 16.1. The van der Waals surface area contributed by atoms with Gasteiger partial charge >= 0.3 is 5.97 Å². The molecular formula is C19H21Br2NO6S. The van der Waals surface area contributed by atoms with Crippen LogP contribution in [0, 0.1) is 0 Å². The van der Waals surface area contributed by atoms with Crippen LogP contribution in [0.4, 0.5) is 5.69 Å². The number of amides is 2. The van der Waals surface area contributed by atoms with Crippen molar-refractivity contribution in [3.05, 3.63) is 33.2 Å². The molecule has 1 heterocycles. The molecule has 2 rings (SSSR count). The van der Waals surface area contributed by atoms with Gasteiger partial charge in [-0.15, -0.1) is 12.6 Å². The molecule has 0 aliphatic carbocycles. The Morgan fingerprint density at radius 2 is 1.62 bits per heavy atom. The monoisotopic (exact) mass is 549 g/mol. The number of rotatable bonds is 9. The van der Waals surface area contributed by atoms with E-state index in [0.29, 0.717) is 17.9 Å². The Kier molecular flexibility index (Phi) is 7.58. The number of carboxylic acids is 1. The van der Waals surface area contributed by atoms with E-state index < -0.39 is 28.3 Å². The van der Waals surface area contributed by atoms with E-state index in [1.165, 1.54) is 0 Å². The van der Waals surface area contributed by atoms with Gasteiger partial charge in [0.2, 0.25) is 0 Å². The molecule has 10 heteroatoms. The van der Waals surface area contributed by atoms with Gasteiger partial charge in [-0.25, -0.2) is 4.90 Å². The number of anilines is 1. The lowest BCUT2D eigenvalue weighted by Gasteiger charge is -2.29. The smallest absolute Gasteiger partial charge is 0.307 e. The summed E-state index contributed by atoms with van der Waals surface area (Å²) >= 11 is 10.4. The van der Waals surface area contributed by atoms with Crippen molar-refractivity contribution in [3.8, 4) is 5.75 Å². The fourth-order valence-corrected chi connectivity index (χ4v) is 3.51. The molecule has 0 fully saturated rings. The number of hydrogen-bond donors (Lipinski definition) is 2. The zero-order valence-corrected chi connectivity index (χ0v) is 20.1. The van der Waals surface area contributed by atoms with Crippen LogP contribution in [-0.4, -0.2) is 40.0 Å². The molecule has 1 N–H and O–H groups in total. The first-order chi connectivity index (χ1) is 13.3. The van der Waals surface area contributed by atoms with E-state index in [-0.39, 0.29) is 22.0 Å². The van der Waals surface area contributed by atoms with Gasteiger partial charge in [-0.05, 0) is 76.9 Å². The lowest BCUT2D eigenvalue weighted by molar-refractivity contribution is -0.141. The van der Waals surface area contributed by atoms with Crippen molar-refractivity contribution >= 4 is 68.0 Å². The van der Waals surface area contributed by atoms with Crippen molar-refractivity contribution in [2.75, 3.05) is 11.5 Å². The van der Waals surface area contributed by atoms with Gasteiger partial charge in [0.25, 0.3) is 11.8 Å². The van der Waals surface area contributed by atoms with Gasteiger partial charge in [0, 0.05) is 6.42 Å². The quantitative estimate of drug-likeness (QED) is 0.271. The number of carbonyl (C=O) groups is 3. The van der Waals surface area contributed by atoms with Crippen molar-refractivity contribution in [1.82, 2.24) is 0 Å². The fourth-order valence-electron chi connectivity index (χ4n) is 2.59. The summed E-state index contributed by atoms with van der Waals surface area (Å²) in [5.41, 5.74) is -0.166. The highest BCUT2D eigenvalue weighted by Gasteiger charge is 2.37. The van der Waals surface area contributed by atoms with E-state index in [9.17, 15) is 14.4 Å². The number of hydrogen-bond acceptors (Lipinski definition) is 6. The number of benzene rings is 1. The molecule has 2 amide bonds. The number of ether oxygens (including phenoxy) is 2. The molecule has 1 atom stereocenters. The first kappa shape index (κ1) is 23.9. The molecule has 0 saturated carbocycles. The number of thiol groups is 1. The normalized spacial score (nSPS) is 17.0. The second-order valence-electron chi connectivity index (χ2n) is 7.27. The summed E-state index contributed by atoms with van der Waals surface area (Å²) in [4.78, 5) is 35.2. The molecule has 0 spiro atoms. The van der Waals surface area contributed by atoms with Crippen LogP contribution in [0.15, 0.2) is 33.2 Å². The van der Waals surface area contributed by atoms with E-state index in [1.807, 2.05) is 13.8 Å². The third-order valence-electron chi connectivity index (χ3n) is 4.06. The minimum atomic E-state index is -1.06. The van der Waals surface area contributed by atoms with Crippen LogP contribution in [0.2, 0.25) is 0 Å². The topological polar surface area (TPSA) is 93.1 Å². The van der Waals surface area contributed by atoms with Crippen LogP contribution in [0.3, 0.4) is 0 Å². The third kappa shape index (κ3) is 6.31. The molecule has 0 aromatic heterocycles. The van der Waals surface area contributed by atoms with Crippen molar-refractivity contribution in [1.29, 1.82) is 0 Å². The van der Waals surface area contributed by atoms with Crippen molar-refractivity contribution in [2.24, 2.45) is 0 Å². The summed E-state index contributed by atoms with van der Waals surface area (Å²) in [6.07, 6.45) is 0.283. The highest BCUT2D eigenvalue weighted by atomic mass is 79.9. The average molecular weight is 551 g/mol. The summed E-state index contributed by atoms with van der Waals surface area (Å²) in [6.45, 7) is 5.62. The average Bonchev–Trinajstić information content (AvgIpc) is 2.77. The summed E-state index contributed by atoms with van der Waals surface area (Å²) in [6, 6.07) is 6.60. The van der Waals surface area contributed by atoms with E-state index in [4.69, 9.17) is 14.6 Å². The minimum Gasteiger partial charge on any atom is -0.488 e. The Morgan fingerprint density at radius 3 is 2.10 bits per heavy atom. The summed E-state index contributed by atoms with van der Waals surface area (Å²) < 4.78 is 11.9. The lowest BCUT2D eigenvalue weighted by atomic mass is 10.1. The molecule has 0 saturated heterocycles. The summed E-state index contributed by atoms with van der Waals surface area (Å²) in [7, 11) is 0.